The topological polar surface area (TPSA) is 59.8 Å². The van der Waals surface area contributed by atoms with E-state index in [0.29, 0.717) is 29.4 Å². The van der Waals surface area contributed by atoms with Gasteiger partial charge in [-0.15, -0.1) is 8.42 Å². The third-order valence-electron chi connectivity index (χ3n) is 12.7. The van der Waals surface area contributed by atoms with Crippen LogP contribution in [-0.2, 0) is 14.8 Å². The van der Waals surface area contributed by atoms with Crippen LogP contribution in [0.15, 0.2) is 11.1 Å². The number of allylic oxidation sites excluding steroid dienone is 1. The van der Waals surface area contributed by atoms with Crippen molar-refractivity contribution in [1.29, 1.82) is 0 Å². The standard InChI is InChI=1S/C31H49N2O3S/c1-19-13-27-28(32-17-19)21(3)31(36-27)12-9-23-24-8-10-29(4)16-22(18-33-37(6,34)35)7-11-30(29,5)26(24)14-25(23)20(2)15-31/h19,21-24,26-28,32H,7-17H2,1-6H3/q+1/t19-,21+,22?,23-,24-,26-,27+,28-,29+,30+,31-/m0/s1. The molecule has 6 heteroatoms. The molecular weight excluding hydrogens is 480 g/mol. The van der Waals surface area contributed by atoms with Crippen LogP contribution in [-0.4, -0.2) is 39.0 Å². The maximum atomic E-state index is 11.6. The van der Waals surface area contributed by atoms with Gasteiger partial charge in [0.25, 0.3) is 0 Å². The number of hydrogen-bond acceptors (Lipinski definition) is 4. The zero-order chi connectivity index (χ0) is 26.4. The summed E-state index contributed by atoms with van der Waals surface area (Å²) in [4.78, 5) is 0. The van der Waals surface area contributed by atoms with Crippen molar-refractivity contribution in [1.82, 2.24) is 5.32 Å². The minimum Gasteiger partial charge on any atom is -0.369 e. The summed E-state index contributed by atoms with van der Waals surface area (Å²) >= 11 is 0. The lowest BCUT2D eigenvalue weighted by Crippen LogP contribution is -2.52. The average Bonchev–Trinajstić information content (AvgIpc) is 3.27. The highest BCUT2D eigenvalue weighted by atomic mass is 32.2. The summed E-state index contributed by atoms with van der Waals surface area (Å²) in [6.07, 6.45) is 13.4. The van der Waals surface area contributed by atoms with Crippen LogP contribution in [0, 0.1) is 52.4 Å². The fourth-order valence-electron chi connectivity index (χ4n) is 10.5. The first-order chi connectivity index (χ1) is 17.3. The van der Waals surface area contributed by atoms with Gasteiger partial charge in [0.15, 0.2) is 0 Å². The van der Waals surface area contributed by atoms with Gasteiger partial charge < -0.3 is 10.1 Å². The second kappa shape index (κ2) is 8.80. The molecule has 0 aromatic rings. The molecule has 2 aliphatic heterocycles. The molecule has 3 saturated carbocycles. The van der Waals surface area contributed by atoms with Crippen molar-refractivity contribution >= 4 is 10.0 Å². The van der Waals surface area contributed by atoms with Gasteiger partial charge in [-0.2, -0.15) is 0 Å². The summed E-state index contributed by atoms with van der Waals surface area (Å²) in [5.74, 6) is 3.71. The molecule has 0 radical (unpaired) electrons. The van der Waals surface area contributed by atoms with Gasteiger partial charge in [0.05, 0.1) is 21.9 Å². The smallest absolute Gasteiger partial charge is 0.369 e. The number of hydrogen-bond donors (Lipinski definition) is 1. The number of nitrogens with zero attached hydrogens (tertiary/aromatic N) is 1. The number of sulfonamides is 1. The molecule has 11 atom stereocenters. The van der Waals surface area contributed by atoms with Gasteiger partial charge in [0.2, 0.25) is 0 Å². The Morgan fingerprint density at radius 1 is 1.11 bits per heavy atom. The van der Waals surface area contributed by atoms with Crippen molar-refractivity contribution in [2.75, 3.05) is 12.8 Å². The average molecular weight is 530 g/mol. The Hall–Kier alpha value is -0.900. The zero-order valence-electron chi connectivity index (χ0n) is 24.0. The van der Waals surface area contributed by atoms with E-state index < -0.39 is 10.0 Å². The van der Waals surface area contributed by atoms with E-state index in [-0.39, 0.29) is 16.9 Å². The molecule has 2 saturated heterocycles. The highest BCUT2D eigenvalue weighted by Crippen LogP contribution is 2.69. The maximum Gasteiger partial charge on any atom is 0.476 e. The molecule has 1 unspecified atom stereocenters. The molecular formula is C31H49N2O3S+. The van der Waals surface area contributed by atoms with E-state index in [1.54, 1.807) is 11.1 Å². The SMILES string of the molecule is CC1=C2C[C@H]3[C@@H](CC[C@]4(C)CC(C#[N+]S(C)(=O)=O)CC[C@]34C)[C@@H]2CC[C@@]2(C1)O[C@@H]1C[C@H](C)CN[C@H]1[C@H]2C. The largest absolute Gasteiger partial charge is 0.476 e. The molecule has 5 fully saturated rings. The molecule has 6 aliphatic rings. The number of ether oxygens (including phenoxy) is 1. The Labute approximate surface area is 225 Å². The first-order valence-corrected chi connectivity index (χ1v) is 17.0. The van der Waals surface area contributed by atoms with E-state index in [0.717, 1.165) is 50.0 Å². The molecule has 0 bridgehead atoms. The highest BCUT2D eigenvalue weighted by molar-refractivity contribution is 7.92. The molecule has 4 aliphatic carbocycles. The van der Waals surface area contributed by atoms with Crippen LogP contribution in [0.2, 0.25) is 0 Å². The summed E-state index contributed by atoms with van der Waals surface area (Å²) in [7, 11) is -3.36. The van der Waals surface area contributed by atoms with Crippen molar-refractivity contribution in [2.45, 2.75) is 117 Å². The normalized spacial score (nSPS) is 51.4. The number of rotatable bonds is 0. The van der Waals surface area contributed by atoms with Gasteiger partial charge in [-0.05, 0) is 112 Å². The predicted octanol–water partition coefficient (Wildman–Crippen LogP) is 6.41. The fourth-order valence-corrected chi connectivity index (χ4v) is 10.8. The third kappa shape index (κ3) is 4.16. The summed E-state index contributed by atoms with van der Waals surface area (Å²) in [6, 6.07) is 3.55. The Kier molecular flexibility index (Phi) is 6.26. The predicted molar refractivity (Wildman–Crippen MR) is 149 cm³/mol. The minimum absolute atomic E-state index is 0.0171. The van der Waals surface area contributed by atoms with Gasteiger partial charge in [-0.3, -0.25) is 0 Å². The second-order valence-corrected chi connectivity index (χ2v) is 16.4. The van der Waals surface area contributed by atoms with Crippen molar-refractivity contribution in [3.8, 4) is 6.07 Å². The molecule has 37 heavy (non-hydrogen) atoms. The van der Waals surface area contributed by atoms with E-state index >= 15 is 0 Å². The molecule has 0 aromatic carbocycles. The minimum atomic E-state index is -3.36. The first-order valence-electron chi connectivity index (χ1n) is 15.1. The Morgan fingerprint density at radius 3 is 2.65 bits per heavy atom. The molecule has 1 spiro atoms. The van der Waals surface area contributed by atoms with Gasteiger partial charge >= 0.3 is 16.1 Å². The van der Waals surface area contributed by atoms with Crippen LogP contribution < -0.4 is 5.32 Å². The third-order valence-corrected chi connectivity index (χ3v) is 13.2. The van der Waals surface area contributed by atoms with Crippen LogP contribution in [0.3, 0.4) is 0 Å². The Bertz CT molecular complexity index is 1150. The van der Waals surface area contributed by atoms with E-state index in [9.17, 15) is 8.42 Å². The Morgan fingerprint density at radius 2 is 1.89 bits per heavy atom. The van der Waals surface area contributed by atoms with Crippen LogP contribution in [0.5, 0.6) is 0 Å². The van der Waals surface area contributed by atoms with E-state index in [4.69, 9.17) is 4.74 Å². The Balaban J connectivity index is 1.24. The van der Waals surface area contributed by atoms with Gasteiger partial charge in [0.1, 0.15) is 6.26 Å². The van der Waals surface area contributed by atoms with Crippen LogP contribution in [0.25, 0.3) is 4.25 Å². The van der Waals surface area contributed by atoms with E-state index in [1.807, 2.05) is 0 Å². The summed E-state index contributed by atoms with van der Waals surface area (Å²) in [5, 5.41) is 3.86. The van der Waals surface area contributed by atoms with Crippen LogP contribution >= 0.6 is 0 Å². The molecule has 0 amide bonds. The molecule has 0 aromatic heterocycles. The van der Waals surface area contributed by atoms with Crippen molar-refractivity contribution in [2.24, 2.45) is 46.3 Å². The molecule has 5 nitrogen and oxygen atoms in total. The lowest BCUT2D eigenvalue weighted by atomic mass is 9.44. The van der Waals surface area contributed by atoms with Crippen molar-refractivity contribution in [3.63, 3.8) is 0 Å². The van der Waals surface area contributed by atoms with E-state index in [2.05, 4.69) is 50.3 Å². The lowest BCUT2D eigenvalue weighted by molar-refractivity contribution is -0.108. The molecule has 206 valence electrons. The van der Waals surface area contributed by atoms with Crippen LogP contribution in [0.4, 0.5) is 0 Å². The fraction of sp³-hybridized carbons (Fsp3) is 0.903. The maximum absolute atomic E-state index is 11.6. The van der Waals surface area contributed by atoms with Gasteiger partial charge in [-0.25, -0.2) is 0 Å². The van der Waals surface area contributed by atoms with Crippen molar-refractivity contribution < 1.29 is 13.2 Å². The molecule has 1 N–H and O–H groups in total. The van der Waals surface area contributed by atoms with E-state index in [1.165, 1.54) is 44.8 Å². The highest BCUT2D eigenvalue weighted by Gasteiger charge is 2.62. The summed E-state index contributed by atoms with van der Waals surface area (Å²) in [5.41, 5.74) is 3.99. The molecule has 2 heterocycles. The lowest BCUT2D eigenvalue weighted by Gasteiger charge is -2.59. The van der Waals surface area contributed by atoms with Gasteiger partial charge in [0, 0.05) is 12.0 Å². The number of nitrogens with one attached hydrogen (secondary N) is 1. The second-order valence-electron chi connectivity index (χ2n) is 14.8. The quantitative estimate of drug-likeness (QED) is 0.368. The summed E-state index contributed by atoms with van der Waals surface area (Å²) in [6.45, 7) is 13.5. The number of fused-ring (bicyclic) bond motifs is 6. The van der Waals surface area contributed by atoms with Crippen molar-refractivity contribution in [3.05, 3.63) is 15.4 Å². The van der Waals surface area contributed by atoms with Gasteiger partial charge in [-0.1, -0.05) is 38.8 Å². The zero-order valence-corrected chi connectivity index (χ0v) is 24.8. The molecule has 6 rings (SSSR count). The first kappa shape index (κ1) is 26.3. The van der Waals surface area contributed by atoms with Crippen LogP contribution in [0.1, 0.15) is 98.8 Å². The number of piperidine rings is 1. The monoisotopic (exact) mass is 529 g/mol. The summed E-state index contributed by atoms with van der Waals surface area (Å²) < 4.78 is 34.1.